The smallest absolute Gasteiger partial charge is 0.233 e. The summed E-state index contributed by atoms with van der Waals surface area (Å²) >= 11 is 1.46. The second-order valence-electron chi connectivity index (χ2n) is 6.95. The summed E-state index contributed by atoms with van der Waals surface area (Å²) in [7, 11) is 0. The van der Waals surface area contributed by atoms with Gasteiger partial charge in [0.1, 0.15) is 11.6 Å². The van der Waals surface area contributed by atoms with E-state index >= 15 is 0 Å². The minimum absolute atomic E-state index is 0.141. The Labute approximate surface area is 174 Å². The molecule has 4 rings (SSSR count). The normalized spacial score (nSPS) is 14.2. The number of amides is 1. The third-order valence-corrected chi connectivity index (χ3v) is 5.97. The first-order valence-electron chi connectivity index (χ1n) is 9.71. The molecule has 1 amide bonds. The fraction of sp³-hybridized carbons (Fsp3) is 0.333. The zero-order valence-corrected chi connectivity index (χ0v) is 17.3. The quantitative estimate of drug-likeness (QED) is 0.584. The summed E-state index contributed by atoms with van der Waals surface area (Å²) in [6.45, 7) is 5.68. The van der Waals surface area contributed by atoms with Gasteiger partial charge in [-0.15, -0.1) is 10.2 Å². The minimum Gasteiger partial charge on any atom is -0.353 e. The van der Waals surface area contributed by atoms with Crippen LogP contribution in [-0.2, 0) is 11.3 Å². The van der Waals surface area contributed by atoms with E-state index in [4.69, 9.17) is 0 Å². The van der Waals surface area contributed by atoms with E-state index in [-0.39, 0.29) is 5.91 Å². The Bertz CT molecular complexity index is 938. The molecule has 0 unspecified atom stereocenters. The number of carbonyl (C=O) groups excluding carboxylic acids is 1. The topological polar surface area (TPSA) is 67.2 Å². The zero-order valence-electron chi connectivity index (χ0n) is 16.4. The maximum Gasteiger partial charge on any atom is 0.233 e. The predicted molar refractivity (Wildman–Crippen MR) is 114 cm³/mol. The highest BCUT2D eigenvalue weighted by Crippen LogP contribution is 2.20. The molecule has 0 spiro atoms. The monoisotopic (exact) mass is 408 g/mol. The molecule has 2 aromatic heterocycles. The van der Waals surface area contributed by atoms with Crippen LogP contribution in [0, 0.1) is 6.92 Å². The Kier molecular flexibility index (Phi) is 6.09. The summed E-state index contributed by atoms with van der Waals surface area (Å²) in [5.74, 6) is 2.34. The summed E-state index contributed by atoms with van der Waals surface area (Å²) in [6, 6.07) is 16.1. The molecule has 7 nitrogen and oxygen atoms in total. The van der Waals surface area contributed by atoms with Crippen LogP contribution in [0.4, 0.5) is 5.82 Å². The van der Waals surface area contributed by atoms with Gasteiger partial charge in [0.2, 0.25) is 5.91 Å². The molecule has 1 saturated heterocycles. The first-order valence-corrected chi connectivity index (χ1v) is 10.7. The Morgan fingerprint density at radius 1 is 1.00 bits per heavy atom. The lowest BCUT2D eigenvalue weighted by Crippen LogP contribution is -2.49. The number of benzene rings is 1. The zero-order chi connectivity index (χ0) is 20.1. The van der Waals surface area contributed by atoms with E-state index < -0.39 is 0 Å². The highest BCUT2D eigenvalue weighted by molar-refractivity contribution is 7.99. The molecular formula is C21H24N6OS. The van der Waals surface area contributed by atoms with Crippen LogP contribution in [-0.4, -0.2) is 62.5 Å². The van der Waals surface area contributed by atoms with Crippen LogP contribution in [0.1, 0.15) is 11.4 Å². The average Bonchev–Trinajstić information content (AvgIpc) is 3.13. The Morgan fingerprint density at radius 2 is 1.76 bits per heavy atom. The van der Waals surface area contributed by atoms with Crippen molar-refractivity contribution in [2.45, 2.75) is 18.6 Å². The highest BCUT2D eigenvalue weighted by atomic mass is 32.2. The van der Waals surface area contributed by atoms with Gasteiger partial charge in [-0.3, -0.25) is 4.79 Å². The van der Waals surface area contributed by atoms with Crippen molar-refractivity contribution in [2.75, 3.05) is 36.8 Å². The molecule has 0 aliphatic carbocycles. The molecule has 3 heterocycles. The molecule has 0 atom stereocenters. The van der Waals surface area contributed by atoms with Gasteiger partial charge in [-0.2, -0.15) is 0 Å². The van der Waals surface area contributed by atoms with Gasteiger partial charge < -0.3 is 14.4 Å². The molecule has 0 N–H and O–H groups in total. The molecule has 0 saturated carbocycles. The number of pyridine rings is 1. The first kappa shape index (κ1) is 19.4. The van der Waals surface area contributed by atoms with Crippen LogP contribution in [0.25, 0.3) is 0 Å². The second-order valence-corrected chi connectivity index (χ2v) is 7.89. The van der Waals surface area contributed by atoms with E-state index in [1.54, 1.807) is 6.20 Å². The molecule has 150 valence electrons. The number of carbonyl (C=O) groups is 1. The van der Waals surface area contributed by atoms with Gasteiger partial charge in [0.05, 0.1) is 12.3 Å². The highest BCUT2D eigenvalue weighted by Gasteiger charge is 2.22. The molecule has 29 heavy (non-hydrogen) atoms. The summed E-state index contributed by atoms with van der Waals surface area (Å²) in [6.07, 6.45) is 1.80. The van der Waals surface area contributed by atoms with Gasteiger partial charge in [-0.25, -0.2) is 4.98 Å². The summed E-state index contributed by atoms with van der Waals surface area (Å²) < 4.78 is 2.06. The number of anilines is 1. The molecule has 1 aliphatic rings. The van der Waals surface area contributed by atoms with Crippen LogP contribution in [0.5, 0.6) is 0 Å². The molecule has 3 aromatic rings. The maximum absolute atomic E-state index is 12.7. The number of rotatable bonds is 6. The first-order chi connectivity index (χ1) is 14.2. The van der Waals surface area contributed by atoms with Gasteiger partial charge in [-0.1, -0.05) is 48.2 Å². The van der Waals surface area contributed by atoms with E-state index in [0.717, 1.165) is 29.9 Å². The Hall–Kier alpha value is -2.87. The van der Waals surface area contributed by atoms with Crippen molar-refractivity contribution in [3.63, 3.8) is 0 Å². The van der Waals surface area contributed by atoms with Crippen molar-refractivity contribution in [3.8, 4) is 0 Å². The van der Waals surface area contributed by atoms with Crippen LogP contribution in [0.2, 0.25) is 0 Å². The summed E-state index contributed by atoms with van der Waals surface area (Å²) in [4.78, 5) is 21.2. The number of hydrogen-bond acceptors (Lipinski definition) is 6. The van der Waals surface area contributed by atoms with Crippen molar-refractivity contribution >= 4 is 23.5 Å². The van der Waals surface area contributed by atoms with Crippen molar-refractivity contribution in [2.24, 2.45) is 0 Å². The van der Waals surface area contributed by atoms with E-state index in [2.05, 4.69) is 36.8 Å². The molecule has 1 fully saturated rings. The fourth-order valence-electron chi connectivity index (χ4n) is 3.36. The molecular weight excluding hydrogens is 384 g/mol. The van der Waals surface area contributed by atoms with Crippen molar-refractivity contribution in [1.82, 2.24) is 24.6 Å². The SMILES string of the molecule is Cc1nnc(SCC(=O)N2CCN(c3ccccn3)CC2)n1Cc1ccccc1. The lowest BCUT2D eigenvalue weighted by Gasteiger charge is -2.35. The van der Waals surface area contributed by atoms with Crippen LogP contribution in [0.3, 0.4) is 0 Å². The number of thioether (sulfide) groups is 1. The van der Waals surface area contributed by atoms with E-state index in [9.17, 15) is 4.79 Å². The van der Waals surface area contributed by atoms with Crippen LogP contribution >= 0.6 is 11.8 Å². The molecule has 1 aromatic carbocycles. The maximum atomic E-state index is 12.7. The molecule has 8 heteroatoms. The van der Waals surface area contributed by atoms with Crippen molar-refractivity contribution < 1.29 is 4.79 Å². The Morgan fingerprint density at radius 3 is 2.48 bits per heavy atom. The number of piperazine rings is 1. The van der Waals surface area contributed by atoms with Gasteiger partial charge in [0, 0.05) is 32.4 Å². The second kappa shape index (κ2) is 9.09. The average molecular weight is 409 g/mol. The fourth-order valence-corrected chi connectivity index (χ4v) is 4.25. The van der Waals surface area contributed by atoms with Crippen LogP contribution < -0.4 is 4.90 Å². The number of aromatic nitrogens is 4. The number of nitrogens with zero attached hydrogens (tertiary/aromatic N) is 6. The predicted octanol–water partition coefficient (Wildman–Crippen LogP) is 2.47. The molecule has 1 aliphatic heterocycles. The number of hydrogen-bond donors (Lipinski definition) is 0. The van der Waals surface area contributed by atoms with Gasteiger partial charge >= 0.3 is 0 Å². The largest absolute Gasteiger partial charge is 0.353 e. The van der Waals surface area contributed by atoms with E-state index in [1.165, 1.54) is 17.3 Å². The van der Waals surface area contributed by atoms with E-state index in [1.807, 2.05) is 48.2 Å². The molecule has 0 radical (unpaired) electrons. The van der Waals surface area contributed by atoms with Gasteiger partial charge in [-0.05, 0) is 24.6 Å². The van der Waals surface area contributed by atoms with E-state index in [0.29, 0.717) is 25.4 Å². The molecule has 0 bridgehead atoms. The minimum atomic E-state index is 0.141. The lowest BCUT2D eigenvalue weighted by atomic mass is 10.2. The Balaban J connectivity index is 1.31. The summed E-state index contributed by atoms with van der Waals surface area (Å²) in [5, 5.41) is 9.25. The van der Waals surface area contributed by atoms with Crippen LogP contribution in [0.15, 0.2) is 59.9 Å². The summed E-state index contributed by atoms with van der Waals surface area (Å²) in [5.41, 5.74) is 1.19. The van der Waals surface area contributed by atoms with Gasteiger partial charge in [0.25, 0.3) is 0 Å². The van der Waals surface area contributed by atoms with Gasteiger partial charge in [0.15, 0.2) is 5.16 Å². The lowest BCUT2D eigenvalue weighted by molar-refractivity contribution is -0.128. The van der Waals surface area contributed by atoms with Crippen molar-refractivity contribution in [1.29, 1.82) is 0 Å². The standard InChI is InChI=1S/C21H24N6OS/c1-17-23-24-21(27(17)15-18-7-3-2-4-8-18)29-16-20(28)26-13-11-25(12-14-26)19-9-5-6-10-22-19/h2-10H,11-16H2,1H3. The third kappa shape index (κ3) is 4.76. The third-order valence-electron chi connectivity index (χ3n) is 5.02. The number of aryl methyl sites for hydroxylation is 1. The van der Waals surface area contributed by atoms with Crippen molar-refractivity contribution in [3.05, 3.63) is 66.1 Å².